The molecule has 2 aromatic heterocycles. The highest BCUT2D eigenvalue weighted by atomic mass is 28.3. The number of pyridine rings is 1. The lowest BCUT2D eigenvalue weighted by Gasteiger charge is -2.15. The Balaban J connectivity index is 1.92. The number of nitrogens with zero attached hydrogens (tertiary/aromatic N) is 3. The van der Waals surface area contributed by atoms with Crippen LogP contribution in [0.1, 0.15) is 0 Å². The number of hydrogen-bond acceptors (Lipinski definition) is 4. The molecule has 27 heavy (non-hydrogen) atoms. The van der Waals surface area contributed by atoms with Crippen LogP contribution in [0, 0.1) is 5.82 Å². The molecule has 7 heteroatoms. The van der Waals surface area contributed by atoms with E-state index in [0.29, 0.717) is 30.2 Å². The highest BCUT2D eigenvalue weighted by molar-refractivity contribution is 6.76. The first-order valence-corrected chi connectivity index (χ1v) is 12.7. The van der Waals surface area contributed by atoms with Gasteiger partial charge in [0, 0.05) is 50.0 Å². The van der Waals surface area contributed by atoms with E-state index in [1.807, 2.05) is 18.3 Å². The molecule has 0 radical (unpaired) electrons. The van der Waals surface area contributed by atoms with Crippen molar-refractivity contribution in [2.45, 2.75) is 32.4 Å². The number of rotatable bonds is 7. The number of anilines is 1. The summed E-state index contributed by atoms with van der Waals surface area (Å²) in [4.78, 5) is 4.05. The van der Waals surface area contributed by atoms with E-state index in [-0.39, 0.29) is 5.69 Å². The first-order valence-electron chi connectivity index (χ1n) is 8.95. The second-order valence-corrected chi connectivity index (χ2v) is 13.3. The molecular formula is C20H25FN4OSi. The van der Waals surface area contributed by atoms with Crippen molar-refractivity contribution in [3.63, 3.8) is 0 Å². The van der Waals surface area contributed by atoms with Crippen molar-refractivity contribution in [2.24, 2.45) is 0 Å². The van der Waals surface area contributed by atoms with Crippen LogP contribution in [0.3, 0.4) is 0 Å². The van der Waals surface area contributed by atoms with Crippen LogP contribution in [0.5, 0.6) is 0 Å². The molecule has 0 aliphatic heterocycles. The summed E-state index contributed by atoms with van der Waals surface area (Å²) < 4.78 is 22.1. The summed E-state index contributed by atoms with van der Waals surface area (Å²) in [7, 11) is -1.15. The lowest BCUT2D eigenvalue weighted by Crippen LogP contribution is -2.22. The third-order valence-corrected chi connectivity index (χ3v) is 5.96. The van der Waals surface area contributed by atoms with Crippen LogP contribution in [-0.4, -0.2) is 29.4 Å². The van der Waals surface area contributed by atoms with Crippen LogP contribution in [0.15, 0.2) is 48.9 Å². The Labute approximate surface area is 160 Å². The molecule has 5 nitrogen and oxygen atoms in total. The van der Waals surface area contributed by atoms with Gasteiger partial charge in [-0.15, -0.1) is 0 Å². The largest absolute Gasteiger partial charge is 0.396 e. The van der Waals surface area contributed by atoms with E-state index in [2.05, 4.69) is 29.7 Å². The Kier molecular flexibility index (Phi) is 5.72. The minimum absolute atomic E-state index is 0.118. The highest BCUT2D eigenvalue weighted by Gasteiger charge is 2.18. The van der Waals surface area contributed by atoms with Crippen molar-refractivity contribution < 1.29 is 9.13 Å². The molecule has 0 amide bonds. The van der Waals surface area contributed by atoms with Crippen LogP contribution in [0.4, 0.5) is 10.1 Å². The summed E-state index contributed by atoms with van der Waals surface area (Å²) in [5, 5.41) is 4.63. The smallest absolute Gasteiger partial charge is 0.154 e. The summed E-state index contributed by atoms with van der Waals surface area (Å²) in [5.74, 6) is -0.438. The Bertz CT molecular complexity index is 906. The zero-order chi connectivity index (χ0) is 19.4. The molecule has 0 unspecified atom stereocenters. The van der Waals surface area contributed by atoms with Gasteiger partial charge in [-0.1, -0.05) is 31.8 Å². The zero-order valence-corrected chi connectivity index (χ0v) is 16.9. The lowest BCUT2D eigenvalue weighted by atomic mass is 10.0. The van der Waals surface area contributed by atoms with Gasteiger partial charge in [0.2, 0.25) is 0 Å². The van der Waals surface area contributed by atoms with Crippen LogP contribution in [0.25, 0.3) is 22.4 Å². The minimum Gasteiger partial charge on any atom is -0.396 e. The molecule has 0 saturated heterocycles. The molecule has 0 fully saturated rings. The van der Waals surface area contributed by atoms with Gasteiger partial charge >= 0.3 is 0 Å². The number of nitrogens with two attached hydrogens (primary N) is 1. The third kappa shape index (κ3) is 4.81. The fourth-order valence-electron chi connectivity index (χ4n) is 2.70. The quantitative estimate of drug-likeness (QED) is 0.366. The van der Waals surface area contributed by atoms with Crippen molar-refractivity contribution in [3.05, 3.63) is 54.7 Å². The molecular weight excluding hydrogens is 359 g/mol. The van der Waals surface area contributed by atoms with Crippen molar-refractivity contribution in [1.29, 1.82) is 0 Å². The number of benzene rings is 1. The summed E-state index contributed by atoms with van der Waals surface area (Å²) >= 11 is 0. The van der Waals surface area contributed by atoms with E-state index in [4.69, 9.17) is 10.5 Å². The van der Waals surface area contributed by atoms with Gasteiger partial charge in [-0.25, -0.2) is 9.07 Å². The predicted octanol–water partition coefficient (Wildman–Crippen LogP) is 4.65. The zero-order valence-electron chi connectivity index (χ0n) is 15.9. The number of nitrogen functional groups attached to an aromatic ring is 1. The second-order valence-electron chi connectivity index (χ2n) is 7.72. The number of ether oxygens (including phenoxy) is 1. The molecule has 2 N–H and O–H groups in total. The van der Waals surface area contributed by atoms with E-state index >= 15 is 0 Å². The topological polar surface area (TPSA) is 66.0 Å². The van der Waals surface area contributed by atoms with E-state index in [1.165, 1.54) is 0 Å². The average molecular weight is 385 g/mol. The van der Waals surface area contributed by atoms with Gasteiger partial charge < -0.3 is 10.5 Å². The molecule has 142 valence electrons. The summed E-state index contributed by atoms with van der Waals surface area (Å²) in [5.41, 5.74) is 8.52. The molecule has 0 bridgehead atoms. The molecule has 0 aliphatic rings. The van der Waals surface area contributed by atoms with E-state index in [1.54, 1.807) is 35.3 Å². The molecule has 2 heterocycles. The van der Waals surface area contributed by atoms with Crippen LogP contribution >= 0.6 is 0 Å². The van der Waals surface area contributed by atoms with Gasteiger partial charge in [-0.05, 0) is 24.2 Å². The number of hydrogen-bond donors (Lipinski definition) is 1. The first kappa shape index (κ1) is 19.3. The molecule has 0 aliphatic carbocycles. The van der Waals surface area contributed by atoms with E-state index in [9.17, 15) is 4.39 Å². The summed E-state index contributed by atoms with van der Waals surface area (Å²) in [6.07, 6.45) is 5.19. The maximum atomic E-state index is 14.6. The van der Waals surface area contributed by atoms with Crippen molar-refractivity contribution in [1.82, 2.24) is 14.8 Å². The average Bonchev–Trinajstić information content (AvgIpc) is 3.05. The van der Waals surface area contributed by atoms with Gasteiger partial charge in [0.15, 0.2) is 5.82 Å². The van der Waals surface area contributed by atoms with Gasteiger partial charge in [0.05, 0.1) is 5.69 Å². The second kappa shape index (κ2) is 8.02. The Hall–Kier alpha value is -2.51. The number of halogens is 1. The van der Waals surface area contributed by atoms with Gasteiger partial charge in [0.25, 0.3) is 0 Å². The standard InChI is InChI=1S/C20H25FN4OSi/c1-27(2,3)12-11-26-14-25-13-17(16-5-4-6-18(22)19(16)21)20(24-25)15-7-9-23-10-8-15/h4-10,13H,11-12,14,22H2,1-3H3. The normalized spacial score (nSPS) is 11.7. The Morgan fingerprint density at radius 2 is 1.85 bits per heavy atom. The van der Waals surface area contributed by atoms with Crippen LogP contribution < -0.4 is 5.73 Å². The van der Waals surface area contributed by atoms with Gasteiger partial charge in [-0.3, -0.25) is 4.98 Å². The van der Waals surface area contributed by atoms with Crippen molar-refractivity contribution in [3.8, 4) is 22.4 Å². The molecule has 3 aromatic rings. The molecule has 0 saturated carbocycles. The monoisotopic (exact) mass is 384 g/mol. The molecule has 0 spiro atoms. The van der Waals surface area contributed by atoms with Crippen molar-refractivity contribution in [2.75, 3.05) is 12.3 Å². The molecule has 1 aromatic carbocycles. The van der Waals surface area contributed by atoms with E-state index < -0.39 is 13.9 Å². The Morgan fingerprint density at radius 3 is 2.56 bits per heavy atom. The lowest BCUT2D eigenvalue weighted by molar-refractivity contribution is 0.0788. The van der Waals surface area contributed by atoms with Gasteiger partial charge in [-0.2, -0.15) is 5.10 Å². The van der Waals surface area contributed by atoms with Crippen molar-refractivity contribution >= 4 is 13.8 Å². The highest BCUT2D eigenvalue weighted by Crippen LogP contribution is 2.34. The van der Waals surface area contributed by atoms with Gasteiger partial charge in [0.1, 0.15) is 12.4 Å². The number of aromatic nitrogens is 3. The van der Waals surface area contributed by atoms with E-state index in [0.717, 1.165) is 11.6 Å². The fraction of sp³-hybridized carbons (Fsp3) is 0.300. The SMILES string of the molecule is C[Si](C)(C)CCOCn1cc(-c2cccc(N)c2F)c(-c2ccncc2)n1. The van der Waals surface area contributed by atoms with Crippen LogP contribution in [-0.2, 0) is 11.5 Å². The summed E-state index contributed by atoms with van der Waals surface area (Å²) in [6.45, 7) is 7.96. The maximum Gasteiger partial charge on any atom is 0.154 e. The molecule has 3 rings (SSSR count). The Morgan fingerprint density at radius 1 is 1.11 bits per heavy atom. The maximum absolute atomic E-state index is 14.6. The fourth-order valence-corrected chi connectivity index (χ4v) is 3.46. The predicted molar refractivity (Wildman–Crippen MR) is 109 cm³/mol. The van der Waals surface area contributed by atoms with Crippen LogP contribution in [0.2, 0.25) is 25.7 Å². The first-order chi connectivity index (χ1) is 12.8. The molecule has 0 atom stereocenters. The third-order valence-electron chi connectivity index (χ3n) is 4.25. The minimum atomic E-state index is -1.15. The summed E-state index contributed by atoms with van der Waals surface area (Å²) in [6, 6.07) is 9.80.